The van der Waals surface area contributed by atoms with Crippen molar-refractivity contribution in [3.63, 3.8) is 0 Å². The number of anilines is 1. The Balaban J connectivity index is 1.70. The third-order valence-electron chi connectivity index (χ3n) is 7.78. The SMILES string of the molecule is CC[C@H](C(=O)NC1CCCCC1)N(Cc1cccc(C)c1)C(=O)CN(c1ccc(C)cc1)S(=O)(=O)c1ccc(F)cc1. The number of nitrogens with zero attached hydrogens (tertiary/aromatic N) is 2. The van der Waals surface area contributed by atoms with Gasteiger partial charge in [0.15, 0.2) is 0 Å². The van der Waals surface area contributed by atoms with Crippen molar-refractivity contribution in [2.45, 2.75) is 82.8 Å². The number of benzene rings is 3. The van der Waals surface area contributed by atoms with Crippen LogP contribution in [0.15, 0.2) is 77.7 Å². The Labute approximate surface area is 248 Å². The molecule has 0 heterocycles. The van der Waals surface area contributed by atoms with E-state index in [1.54, 1.807) is 24.3 Å². The van der Waals surface area contributed by atoms with Gasteiger partial charge >= 0.3 is 0 Å². The lowest BCUT2D eigenvalue weighted by atomic mass is 9.95. The minimum absolute atomic E-state index is 0.0686. The highest BCUT2D eigenvalue weighted by molar-refractivity contribution is 7.92. The molecule has 224 valence electrons. The topological polar surface area (TPSA) is 86.8 Å². The third kappa shape index (κ3) is 7.76. The molecule has 0 aromatic heterocycles. The predicted molar refractivity (Wildman–Crippen MR) is 163 cm³/mol. The van der Waals surface area contributed by atoms with E-state index >= 15 is 0 Å². The zero-order valence-electron chi connectivity index (χ0n) is 24.6. The lowest BCUT2D eigenvalue weighted by molar-refractivity contribution is -0.140. The van der Waals surface area contributed by atoms with E-state index in [4.69, 9.17) is 0 Å². The number of halogens is 1. The highest BCUT2D eigenvalue weighted by Gasteiger charge is 2.34. The predicted octanol–water partition coefficient (Wildman–Crippen LogP) is 5.89. The molecule has 1 saturated carbocycles. The molecule has 0 saturated heterocycles. The molecule has 9 heteroatoms. The molecule has 0 radical (unpaired) electrons. The second-order valence-corrected chi connectivity index (χ2v) is 12.9. The van der Waals surface area contributed by atoms with Gasteiger partial charge in [-0.05, 0) is 75.1 Å². The summed E-state index contributed by atoms with van der Waals surface area (Å²) in [6.45, 7) is 5.32. The molecule has 1 aliphatic rings. The van der Waals surface area contributed by atoms with Crippen LogP contribution in [0.25, 0.3) is 0 Å². The first-order valence-corrected chi connectivity index (χ1v) is 16.0. The first-order valence-electron chi connectivity index (χ1n) is 14.6. The summed E-state index contributed by atoms with van der Waals surface area (Å²) in [5.74, 6) is -1.30. The van der Waals surface area contributed by atoms with Gasteiger partial charge in [-0.25, -0.2) is 12.8 Å². The summed E-state index contributed by atoms with van der Waals surface area (Å²) in [6.07, 6.45) is 5.45. The molecule has 0 bridgehead atoms. The van der Waals surface area contributed by atoms with Crippen molar-refractivity contribution in [3.8, 4) is 0 Å². The molecule has 42 heavy (non-hydrogen) atoms. The van der Waals surface area contributed by atoms with E-state index in [1.165, 1.54) is 17.0 Å². The summed E-state index contributed by atoms with van der Waals surface area (Å²) >= 11 is 0. The minimum atomic E-state index is -4.25. The average Bonchev–Trinajstić information content (AvgIpc) is 2.97. The normalized spacial score (nSPS) is 14.7. The van der Waals surface area contributed by atoms with Gasteiger partial charge in [-0.2, -0.15) is 0 Å². The number of hydrogen-bond donors (Lipinski definition) is 1. The van der Waals surface area contributed by atoms with E-state index in [9.17, 15) is 22.4 Å². The number of hydrogen-bond acceptors (Lipinski definition) is 4. The molecule has 0 aliphatic heterocycles. The maximum atomic E-state index is 14.2. The zero-order chi connectivity index (χ0) is 30.3. The second kappa shape index (κ2) is 14.0. The van der Waals surface area contributed by atoms with Crippen molar-refractivity contribution in [2.75, 3.05) is 10.8 Å². The largest absolute Gasteiger partial charge is 0.352 e. The minimum Gasteiger partial charge on any atom is -0.352 e. The number of aryl methyl sites for hydroxylation is 2. The van der Waals surface area contributed by atoms with Gasteiger partial charge in [0.2, 0.25) is 11.8 Å². The number of sulfonamides is 1. The van der Waals surface area contributed by atoms with Gasteiger partial charge in [0.05, 0.1) is 10.6 Å². The molecular weight excluding hydrogens is 553 g/mol. The van der Waals surface area contributed by atoms with Crippen LogP contribution in [0.5, 0.6) is 0 Å². The summed E-state index contributed by atoms with van der Waals surface area (Å²) in [6, 6.07) is 18.3. The number of rotatable bonds is 11. The van der Waals surface area contributed by atoms with Crippen LogP contribution >= 0.6 is 0 Å². The molecule has 1 atom stereocenters. The van der Waals surface area contributed by atoms with Crippen molar-refractivity contribution < 1.29 is 22.4 Å². The van der Waals surface area contributed by atoms with Gasteiger partial charge in [0.25, 0.3) is 10.0 Å². The van der Waals surface area contributed by atoms with Gasteiger partial charge in [-0.1, -0.05) is 73.7 Å². The van der Waals surface area contributed by atoms with Gasteiger partial charge in [-0.3, -0.25) is 13.9 Å². The molecule has 3 aromatic rings. The highest BCUT2D eigenvalue weighted by Crippen LogP contribution is 2.26. The standard InChI is InChI=1S/C33H40FN3O4S/c1-4-31(33(39)35-28-11-6-5-7-12-28)36(22-26-10-8-9-25(3)21-26)32(38)23-37(29-17-13-24(2)14-18-29)42(40,41)30-19-15-27(34)16-20-30/h8-10,13-21,28,31H,4-7,11-12,22-23H2,1-3H3,(H,35,39)/t31-/m1/s1. The van der Waals surface area contributed by atoms with Crippen molar-refractivity contribution >= 4 is 27.5 Å². The maximum absolute atomic E-state index is 14.2. The fourth-order valence-electron chi connectivity index (χ4n) is 5.44. The third-order valence-corrected chi connectivity index (χ3v) is 9.56. The van der Waals surface area contributed by atoms with Crippen LogP contribution in [0.4, 0.5) is 10.1 Å². The van der Waals surface area contributed by atoms with Crippen LogP contribution in [0.1, 0.15) is 62.1 Å². The molecule has 1 fully saturated rings. The van der Waals surface area contributed by atoms with E-state index < -0.39 is 34.3 Å². The second-order valence-electron chi connectivity index (χ2n) is 11.1. The van der Waals surface area contributed by atoms with E-state index in [0.29, 0.717) is 12.1 Å². The molecule has 1 aliphatic carbocycles. The molecule has 3 aromatic carbocycles. The van der Waals surface area contributed by atoms with Crippen molar-refractivity contribution in [1.82, 2.24) is 10.2 Å². The van der Waals surface area contributed by atoms with Crippen LogP contribution in [0, 0.1) is 19.7 Å². The quantitative estimate of drug-likeness (QED) is 0.300. The maximum Gasteiger partial charge on any atom is 0.264 e. The lowest BCUT2D eigenvalue weighted by Crippen LogP contribution is -2.54. The fraction of sp³-hybridized carbons (Fsp3) is 0.394. The van der Waals surface area contributed by atoms with Crippen molar-refractivity contribution in [1.29, 1.82) is 0 Å². The van der Waals surface area contributed by atoms with E-state index in [0.717, 1.165) is 65.2 Å². The first kappa shape index (κ1) is 31.2. The Bertz CT molecular complexity index is 1470. The molecule has 0 spiro atoms. The van der Waals surface area contributed by atoms with Gasteiger partial charge in [0, 0.05) is 12.6 Å². The summed E-state index contributed by atoms with van der Waals surface area (Å²) in [5, 5.41) is 3.15. The van der Waals surface area contributed by atoms with Crippen LogP contribution < -0.4 is 9.62 Å². The summed E-state index contributed by atoms with van der Waals surface area (Å²) in [5.41, 5.74) is 3.08. The molecule has 1 N–H and O–H groups in total. The number of amides is 2. The summed E-state index contributed by atoms with van der Waals surface area (Å²) in [4.78, 5) is 29.2. The monoisotopic (exact) mass is 593 g/mol. The fourth-order valence-corrected chi connectivity index (χ4v) is 6.86. The van der Waals surface area contributed by atoms with Crippen LogP contribution in [0.2, 0.25) is 0 Å². The number of carbonyl (C=O) groups excluding carboxylic acids is 2. The van der Waals surface area contributed by atoms with Gasteiger partial charge in [0.1, 0.15) is 18.4 Å². The van der Waals surface area contributed by atoms with Gasteiger partial charge in [-0.15, -0.1) is 0 Å². The van der Waals surface area contributed by atoms with Crippen molar-refractivity contribution in [2.24, 2.45) is 0 Å². The van der Waals surface area contributed by atoms with Crippen LogP contribution in [-0.2, 0) is 26.2 Å². The highest BCUT2D eigenvalue weighted by atomic mass is 32.2. The van der Waals surface area contributed by atoms with Crippen LogP contribution in [0.3, 0.4) is 0 Å². The molecule has 2 amide bonds. The summed E-state index contributed by atoms with van der Waals surface area (Å²) < 4.78 is 42.5. The molecule has 4 rings (SSSR count). The first-order chi connectivity index (χ1) is 20.1. The zero-order valence-corrected chi connectivity index (χ0v) is 25.4. The van der Waals surface area contributed by atoms with E-state index in [1.807, 2.05) is 45.0 Å². The molecular formula is C33H40FN3O4S. The lowest BCUT2D eigenvalue weighted by Gasteiger charge is -2.34. The smallest absolute Gasteiger partial charge is 0.264 e. The Morgan fingerprint density at radius 1 is 0.929 bits per heavy atom. The van der Waals surface area contributed by atoms with Gasteiger partial charge < -0.3 is 10.2 Å². The Kier molecular flexibility index (Phi) is 10.4. The molecule has 0 unspecified atom stereocenters. The Morgan fingerprint density at radius 3 is 2.21 bits per heavy atom. The number of nitrogens with one attached hydrogen (secondary N) is 1. The van der Waals surface area contributed by atoms with Crippen LogP contribution in [-0.4, -0.2) is 43.8 Å². The van der Waals surface area contributed by atoms with Crippen molar-refractivity contribution in [3.05, 3.63) is 95.3 Å². The number of carbonyl (C=O) groups is 2. The van der Waals surface area contributed by atoms with E-state index in [-0.39, 0.29) is 23.4 Å². The Hall–Kier alpha value is -3.72. The van der Waals surface area contributed by atoms with E-state index in [2.05, 4.69) is 5.32 Å². The average molecular weight is 594 g/mol. The Morgan fingerprint density at radius 2 is 1.60 bits per heavy atom. The summed E-state index contributed by atoms with van der Waals surface area (Å²) in [7, 11) is -4.25. The molecule has 7 nitrogen and oxygen atoms in total.